The van der Waals surface area contributed by atoms with Gasteiger partial charge in [0.2, 0.25) is 11.8 Å². The molecule has 0 atom stereocenters. The first-order chi connectivity index (χ1) is 8.15. The molecule has 0 unspecified atom stereocenters. The molecule has 1 aliphatic rings. The Bertz CT molecular complexity index is 262. The van der Waals surface area contributed by atoms with Gasteiger partial charge in [0.15, 0.2) is 0 Å². The second-order valence-corrected chi connectivity index (χ2v) is 4.63. The van der Waals surface area contributed by atoms with Crippen molar-refractivity contribution >= 4 is 11.8 Å². The van der Waals surface area contributed by atoms with Crippen LogP contribution in [0.2, 0.25) is 0 Å². The normalized spacial score (nSPS) is 16.1. The maximum absolute atomic E-state index is 12.0. The molecular formula is C12H23N3O2. The summed E-state index contributed by atoms with van der Waals surface area (Å²) >= 11 is 0. The smallest absolute Gasteiger partial charge is 0.237 e. The molecule has 3 N–H and O–H groups in total. The number of carbonyl (C=O) groups excluding carboxylic acids is 2. The predicted octanol–water partition coefficient (Wildman–Crippen LogP) is 0.242. The van der Waals surface area contributed by atoms with Crippen molar-refractivity contribution in [1.82, 2.24) is 10.2 Å². The van der Waals surface area contributed by atoms with Gasteiger partial charge >= 0.3 is 0 Å². The topological polar surface area (TPSA) is 75.4 Å². The summed E-state index contributed by atoms with van der Waals surface area (Å²) in [5.41, 5.74) is 5.21. The first-order valence-electron chi connectivity index (χ1n) is 6.37. The monoisotopic (exact) mass is 241 g/mol. The summed E-state index contributed by atoms with van der Waals surface area (Å²) in [7, 11) is 1.86. The number of primary amides is 1. The summed E-state index contributed by atoms with van der Waals surface area (Å²) in [4.78, 5) is 24.7. The number of hydrogen-bond acceptors (Lipinski definition) is 3. The van der Waals surface area contributed by atoms with E-state index in [4.69, 9.17) is 5.73 Å². The molecule has 0 spiro atoms. The molecule has 5 nitrogen and oxygen atoms in total. The lowest BCUT2D eigenvalue weighted by Gasteiger charge is -2.27. The van der Waals surface area contributed by atoms with Crippen LogP contribution >= 0.6 is 0 Å². The standard InChI is InChI=1S/C12H23N3O2/c1-14-8-4-7-12(17)15(9-11(13)16)10-5-2-3-6-10/h10,14H,2-9H2,1H3,(H2,13,16). The molecule has 17 heavy (non-hydrogen) atoms. The molecule has 1 aliphatic carbocycles. The van der Waals surface area contributed by atoms with Gasteiger partial charge in [-0.05, 0) is 32.9 Å². The van der Waals surface area contributed by atoms with Crippen molar-refractivity contribution in [2.45, 2.75) is 44.6 Å². The molecule has 0 aromatic carbocycles. The Balaban J connectivity index is 2.48. The lowest BCUT2D eigenvalue weighted by molar-refractivity contribution is -0.137. The van der Waals surface area contributed by atoms with E-state index in [-0.39, 0.29) is 18.5 Å². The summed E-state index contributed by atoms with van der Waals surface area (Å²) in [5, 5.41) is 3.01. The van der Waals surface area contributed by atoms with Crippen molar-refractivity contribution in [3.8, 4) is 0 Å². The van der Waals surface area contributed by atoms with Gasteiger partial charge in [0.05, 0.1) is 6.54 Å². The Morgan fingerprint density at radius 1 is 1.35 bits per heavy atom. The van der Waals surface area contributed by atoms with E-state index in [1.165, 1.54) is 0 Å². The van der Waals surface area contributed by atoms with Crippen molar-refractivity contribution in [2.75, 3.05) is 20.1 Å². The highest BCUT2D eigenvalue weighted by Crippen LogP contribution is 2.23. The number of hydrogen-bond donors (Lipinski definition) is 2. The van der Waals surface area contributed by atoms with Crippen LogP contribution in [-0.4, -0.2) is 42.9 Å². The molecule has 1 saturated carbocycles. The molecule has 98 valence electrons. The van der Waals surface area contributed by atoms with Gasteiger partial charge in [-0.15, -0.1) is 0 Å². The summed E-state index contributed by atoms with van der Waals surface area (Å²) in [6, 6.07) is 0.226. The van der Waals surface area contributed by atoms with Crippen molar-refractivity contribution < 1.29 is 9.59 Å². The highest BCUT2D eigenvalue weighted by Gasteiger charge is 2.27. The molecule has 0 aliphatic heterocycles. The Labute approximate surface area is 103 Å². The van der Waals surface area contributed by atoms with E-state index < -0.39 is 5.91 Å². The molecule has 0 aromatic heterocycles. The van der Waals surface area contributed by atoms with Gasteiger partial charge in [-0.2, -0.15) is 0 Å². The van der Waals surface area contributed by atoms with E-state index in [1.54, 1.807) is 4.90 Å². The van der Waals surface area contributed by atoms with Crippen LogP contribution < -0.4 is 11.1 Å². The van der Waals surface area contributed by atoms with E-state index in [9.17, 15) is 9.59 Å². The average Bonchev–Trinajstić information content (AvgIpc) is 2.79. The Kier molecular flexibility index (Phi) is 5.97. The molecule has 0 heterocycles. The van der Waals surface area contributed by atoms with Crippen LogP contribution in [0.25, 0.3) is 0 Å². The maximum Gasteiger partial charge on any atom is 0.237 e. The summed E-state index contributed by atoms with van der Waals surface area (Å²) in [5.74, 6) is -0.357. The number of nitrogens with one attached hydrogen (secondary N) is 1. The third-order valence-corrected chi connectivity index (χ3v) is 3.23. The van der Waals surface area contributed by atoms with Crippen molar-refractivity contribution in [3.05, 3.63) is 0 Å². The molecule has 1 rings (SSSR count). The molecule has 1 fully saturated rings. The zero-order valence-corrected chi connectivity index (χ0v) is 10.6. The largest absolute Gasteiger partial charge is 0.368 e. The summed E-state index contributed by atoms with van der Waals surface area (Å²) in [6.07, 6.45) is 5.59. The first kappa shape index (κ1) is 14.0. The second kappa shape index (κ2) is 7.27. The van der Waals surface area contributed by atoms with Crippen LogP contribution in [0.4, 0.5) is 0 Å². The molecule has 2 amide bonds. The van der Waals surface area contributed by atoms with Crippen LogP contribution in [0.1, 0.15) is 38.5 Å². The van der Waals surface area contributed by atoms with Gasteiger partial charge < -0.3 is 16.0 Å². The lowest BCUT2D eigenvalue weighted by atomic mass is 10.1. The average molecular weight is 241 g/mol. The van der Waals surface area contributed by atoms with Crippen LogP contribution in [0.3, 0.4) is 0 Å². The second-order valence-electron chi connectivity index (χ2n) is 4.63. The molecular weight excluding hydrogens is 218 g/mol. The molecule has 0 bridgehead atoms. The minimum atomic E-state index is -0.418. The third kappa shape index (κ3) is 4.73. The highest BCUT2D eigenvalue weighted by atomic mass is 16.2. The molecule has 0 aromatic rings. The van der Waals surface area contributed by atoms with Gasteiger partial charge in [-0.25, -0.2) is 0 Å². The van der Waals surface area contributed by atoms with E-state index in [2.05, 4.69) is 5.32 Å². The molecule has 0 saturated heterocycles. The fourth-order valence-electron chi connectivity index (χ4n) is 2.36. The highest BCUT2D eigenvalue weighted by molar-refractivity contribution is 5.84. The van der Waals surface area contributed by atoms with Crippen molar-refractivity contribution in [2.24, 2.45) is 5.73 Å². The van der Waals surface area contributed by atoms with E-state index >= 15 is 0 Å². The number of rotatable bonds is 7. The van der Waals surface area contributed by atoms with Gasteiger partial charge in [0, 0.05) is 12.5 Å². The van der Waals surface area contributed by atoms with Crippen LogP contribution in [0, 0.1) is 0 Å². The van der Waals surface area contributed by atoms with Gasteiger partial charge in [0.1, 0.15) is 0 Å². The Morgan fingerprint density at radius 2 is 2.00 bits per heavy atom. The van der Waals surface area contributed by atoms with Crippen molar-refractivity contribution in [1.29, 1.82) is 0 Å². The van der Waals surface area contributed by atoms with Gasteiger partial charge in [-0.1, -0.05) is 12.8 Å². The fraction of sp³-hybridized carbons (Fsp3) is 0.833. The number of nitrogens with two attached hydrogens (primary N) is 1. The first-order valence-corrected chi connectivity index (χ1v) is 6.37. The SMILES string of the molecule is CNCCCC(=O)N(CC(N)=O)C1CCCC1. The van der Waals surface area contributed by atoms with E-state index in [0.717, 1.165) is 38.6 Å². The zero-order chi connectivity index (χ0) is 12.7. The lowest BCUT2D eigenvalue weighted by Crippen LogP contribution is -2.44. The number of nitrogens with zero attached hydrogens (tertiary/aromatic N) is 1. The fourth-order valence-corrected chi connectivity index (χ4v) is 2.36. The minimum Gasteiger partial charge on any atom is -0.368 e. The zero-order valence-electron chi connectivity index (χ0n) is 10.6. The van der Waals surface area contributed by atoms with Crippen molar-refractivity contribution in [3.63, 3.8) is 0 Å². The molecule has 0 radical (unpaired) electrons. The quantitative estimate of drug-likeness (QED) is 0.627. The number of carbonyl (C=O) groups is 2. The van der Waals surface area contributed by atoms with Gasteiger partial charge in [-0.3, -0.25) is 9.59 Å². The Morgan fingerprint density at radius 3 is 2.53 bits per heavy atom. The van der Waals surface area contributed by atoms with Crippen LogP contribution in [0.5, 0.6) is 0 Å². The molecule has 5 heteroatoms. The van der Waals surface area contributed by atoms with Gasteiger partial charge in [0.25, 0.3) is 0 Å². The van der Waals surface area contributed by atoms with E-state index in [1.807, 2.05) is 7.05 Å². The minimum absolute atomic E-state index is 0.0611. The Hall–Kier alpha value is -1.10. The van der Waals surface area contributed by atoms with Crippen LogP contribution in [0.15, 0.2) is 0 Å². The predicted molar refractivity (Wildman–Crippen MR) is 66.3 cm³/mol. The van der Waals surface area contributed by atoms with Crippen LogP contribution in [-0.2, 0) is 9.59 Å². The maximum atomic E-state index is 12.0. The summed E-state index contributed by atoms with van der Waals surface area (Å²) < 4.78 is 0. The number of amides is 2. The third-order valence-electron chi connectivity index (χ3n) is 3.23. The summed E-state index contributed by atoms with van der Waals surface area (Å²) in [6.45, 7) is 0.893. The van der Waals surface area contributed by atoms with E-state index in [0.29, 0.717) is 6.42 Å².